The summed E-state index contributed by atoms with van der Waals surface area (Å²) in [6.07, 6.45) is 1.46. The van der Waals surface area contributed by atoms with E-state index in [0.29, 0.717) is 16.1 Å². The molecule has 35 heavy (non-hydrogen) atoms. The summed E-state index contributed by atoms with van der Waals surface area (Å²) in [5, 5.41) is 21.4. The van der Waals surface area contributed by atoms with Gasteiger partial charge in [-0.25, -0.2) is 9.79 Å². The Morgan fingerprint density at radius 2 is 2.03 bits per heavy atom. The van der Waals surface area contributed by atoms with Gasteiger partial charge in [0.2, 0.25) is 5.75 Å². The van der Waals surface area contributed by atoms with Gasteiger partial charge in [-0.15, -0.1) is 0 Å². The molecule has 11 heteroatoms. The highest BCUT2D eigenvalue weighted by Crippen LogP contribution is 2.37. The van der Waals surface area contributed by atoms with Crippen molar-refractivity contribution in [2.45, 2.75) is 19.9 Å². The van der Waals surface area contributed by atoms with Crippen molar-refractivity contribution in [3.63, 3.8) is 0 Å². The van der Waals surface area contributed by atoms with E-state index in [2.05, 4.69) is 4.99 Å². The fourth-order valence-electron chi connectivity index (χ4n) is 3.89. The molecule has 1 aliphatic heterocycles. The fourth-order valence-corrected chi connectivity index (χ4v) is 4.93. The normalized spacial score (nSPS) is 15.4. The van der Waals surface area contributed by atoms with Gasteiger partial charge in [0.15, 0.2) is 10.6 Å². The molecular weight excluding hydrogens is 474 g/mol. The molecule has 0 radical (unpaired) electrons. The summed E-state index contributed by atoms with van der Waals surface area (Å²) in [5.74, 6) is -1.26. The number of phenols is 1. The van der Waals surface area contributed by atoms with E-state index in [9.17, 15) is 24.8 Å². The van der Waals surface area contributed by atoms with Gasteiger partial charge < -0.3 is 14.6 Å². The van der Waals surface area contributed by atoms with Crippen molar-refractivity contribution < 1.29 is 24.3 Å². The minimum atomic E-state index is -0.752. The molecule has 0 saturated heterocycles. The van der Waals surface area contributed by atoms with E-state index in [1.807, 2.05) is 30.3 Å². The largest absolute Gasteiger partial charge is 0.500 e. The van der Waals surface area contributed by atoms with E-state index in [-0.39, 0.29) is 28.0 Å². The van der Waals surface area contributed by atoms with Crippen LogP contribution in [0.1, 0.15) is 31.0 Å². The quantitative estimate of drug-likeness (QED) is 0.315. The van der Waals surface area contributed by atoms with Crippen molar-refractivity contribution in [2.75, 3.05) is 13.7 Å². The van der Waals surface area contributed by atoms with Gasteiger partial charge in [-0.3, -0.25) is 19.5 Å². The molecule has 1 aromatic heterocycles. The fraction of sp³-hybridized carbons (Fsp3) is 0.208. The van der Waals surface area contributed by atoms with Gasteiger partial charge in [0.1, 0.15) is 0 Å². The van der Waals surface area contributed by atoms with Gasteiger partial charge in [0.05, 0.1) is 40.5 Å². The number of esters is 1. The highest BCUT2D eigenvalue weighted by molar-refractivity contribution is 7.07. The van der Waals surface area contributed by atoms with Crippen LogP contribution in [0.2, 0.25) is 0 Å². The third kappa shape index (κ3) is 4.33. The lowest BCUT2D eigenvalue weighted by molar-refractivity contribution is -0.386. The molecule has 2 heterocycles. The van der Waals surface area contributed by atoms with E-state index in [0.717, 1.165) is 17.4 Å². The number of aromatic hydroxyl groups is 1. The van der Waals surface area contributed by atoms with E-state index < -0.39 is 33.9 Å². The number of aromatic nitrogens is 1. The molecule has 0 bridgehead atoms. The van der Waals surface area contributed by atoms with E-state index in [1.54, 1.807) is 13.8 Å². The predicted molar refractivity (Wildman–Crippen MR) is 128 cm³/mol. The number of nitrogens with zero attached hydrogens (tertiary/aromatic N) is 3. The summed E-state index contributed by atoms with van der Waals surface area (Å²) in [5.41, 5.74) is 0.720. The van der Waals surface area contributed by atoms with Crippen LogP contribution in [0.5, 0.6) is 11.5 Å². The molecule has 1 N–H and O–H groups in total. The summed E-state index contributed by atoms with van der Waals surface area (Å²) in [6.45, 7) is 3.56. The molecule has 4 rings (SSSR count). The average Bonchev–Trinajstić information content (AvgIpc) is 3.13. The number of rotatable bonds is 6. The van der Waals surface area contributed by atoms with Crippen LogP contribution >= 0.6 is 11.3 Å². The lowest BCUT2D eigenvalue weighted by atomic mass is 9.96. The second-order valence-corrected chi connectivity index (χ2v) is 8.57. The van der Waals surface area contributed by atoms with Gasteiger partial charge in [-0.1, -0.05) is 41.7 Å². The monoisotopic (exact) mass is 495 g/mol. The number of nitro groups is 1. The maximum atomic E-state index is 13.6. The van der Waals surface area contributed by atoms with Crippen LogP contribution in [0.3, 0.4) is 0 Å². The molecule has 1 aliphatic rings. The molecule has 1 atom stereocenters. The topological polar surface area (TPSA) is 133 Å². The van der Waals surface area contributed by atoms with Crippen LogP contribution < -0.4 is 19.6 Å². The van der Waals surface area contributed by atoms with Gasteiger partial charge >= 0.3 is 11.7 Å². The Bertz CT molecular complexity index is 1540. The van der Waals surface area contributed by atoms with Crippen molar-refractivity contribution in [2.24, 2.45) is 4.99 Å². The van der Waals surface area contributed by atoms with Crippen LogP contribution in [0, 0.1) is 10.1 Å². The smallest absolute Gasteiger partial charge is 0.338 e. The number of nitro benzene ring substituents is 1. The second-order valence-electron chi connectivity index (χ2n) is 7.56. The van der Waals surface area contributed by atoms with Crippen molar-refractivity contribution in [3.8, 4) is 11.5 Å². The molecule has 2 aromatic carbocycles. The van der Waals surface area contributed by atoms with Crippen molar-refractivity contribution in [1.29, 1.82) is 0 Å². The second kappa shape index (κ2) is 9.55. The first-order valence-corrected chi connectivity index (χ1v) is 11.4. The Morgan fingerprint density at radius 3 is 2.66 bits per heavy atom. The first-order chi connectivity index (χ1) is 16.8. The Hall–Kier alpha value is -4.25. The average molecular weight is 496 g/mol. The third-order valence-corrected chi connectivity index (χ3v) is 6.41. The summed E-state index contributed by atoms with van der Waals surface area (Å²) in [4.78, 5) is 41.9. The van der Waals surface area contributed by atoms with E-state index in [1.165, 1.54) is 23.8 Å². The number of carbonyl (C=O) groups excluding carboxylic acids is 1. The molecule has 0 fully saturated rings. The zero-order chi connectivity index (χ0) is 25.3. The first kappa shape index (κ1) is 23.9. The third-order valence-electron chi connectivity index (χ3n) is 5.42. The van der Waals surface area contributed by atoms with Gasteiger partial charge in [-0.05, 0) is 37.1 Å². The lowest BCUT2D eigenvalue weighted by Gasteiger charge is -2.24. The Kier molecular flexibility index (Phi) is 6.52. The Morgan fingerprint density at radius 1 is 1.31 bits per heavy atom. The molecular formula is C24H21N3O7S. The van der Waals surface area contributed by atoms with Crippen LogP contribution in [0.25, 0.3) is 6.08 Å². The number of allylic oxidation sites excluding steroid dienone is 1. The molecule has 180 valence electrons. The molecule has 0 aliphatic carbocycles. The number of thiazole rings is 1. The SMILES string of the molecule is CCOC(=O)C1=C(C)N=c2s/c(=C\c3cc(OC)c(O)c([N+](=O)[O-])c3)c(=O)n2[C@@H]1c1ccccc1. The lowest BCUT2D eigenvalue weighted by Crippen LogP contribution is -2.39. The number of hydrogen-bond donors (Lipinski definition) is 1. The number of methoxy groups -OCH3 is 1. The molecule has 0 saturated carbocycles. The van der Waals surface area contributed by atoms with Gasteiger partial charge in [-0.2, -0.15) is 0 Å². The molecule has 0 unspecified atom stereocenters. The number of phenolic OH excluding ortho intramolecular Hbond substituents is 1. The van der Waals surface area contributed by atoms with Crippen LogP contribution in [-0.2, 0) is 9.53 Å². The molecule has 10 nitrogen and oxygen atoms in total. The highest BCUT2D eigenvalue weighted by atomic mass is 32.1. The molecule has 0 spiro atoms. The maximum Gasteiger partial charge on any atom is 0.338 e. The number of carbonyl (C=O) groups is 1. The van der Waals surface area contributed by atoms with Crippen molar-refractivity contribution in [3.05, 3.63) is 94.7 Å². The van der Waals surface area contributed by atoms with Crippen LogP contribution in [0.4, 0.5) is 5.69 Å². The number of hydrogen-bond acceptors (Lipinski definition) is 9. The number of ether oxygens (including phenoxy) is 2. The number of fused-ring (bicyclic) bond motifs is 1. The minimum Gasteiger partial charge on any atom is -0.500 e. The van der Waals surface area contributed by atoms with Crippen molar-refractivity contribution >= 4 is 29.1 Å². The van der Waals surface area contributed by atoms with Gasteiger partial charge in [0, 0.05) is 6.07 Å². The summed E-state index contributed by atoms with van der Waals surface area (Å²) >= 11 is 1.09. The van der Waals surface area contributed by atoms with Crippen molar-refractivity contribution in [1.82, 2.24) is 4.57 Å². The van der Waals surface area contributed by atoms with E-state index in [4.69, 9.17) is 9.47 Å². The Balaban J connectivity index is 1.96. The zero-order valence-corrected chi connectivity index (χ0v) is 19.9. The summed E-state index contributed by atoms with van der Waals surface area (Å²) in [6, 6.07) is 10.9. The number of benzene rings is 2. The summed E-state index contributed by atoms with van der Waals surface area (Å²) in [7, 11) is 1.27. The standard InChI is InChI=1S/C24H21N3O7S/c1-4-34-23(30)19-13(2)25-24-26(20(19)15-8-6-5-7-9-15)22(29)18(35-24)12-14-10-16(27(31)32)21(28)17(11-14)33-3/h5-12,20,28H,4H2,1-3H3/b18-12-/t20-/m1/s1. The first-order valence-electron chi connectivity index (χ1n) is 10.6. The molecule has 0 amide bonds. The van der Waals surface area contributed by atoms with E-state index >= 15 is 0 Å². The molecule has 3 aromatic rings. The summed E-state index contributed by atoms with van der Waals surface area (Å²) < 4.78 is 12.0. The zero-order valence-electron chi connectivity index (χ0n) is 19.0. The highest BCUT2D eigenvalue weighted by Gasteiger charge is 2.33. The van der Waals surface area contributed by atoms with Crippen LogP contribution in [-0.4, -0.2) is 34.3 Å². The maximum absolute atomic E-state index is 13.6. The predicted octanol–water partition coefficient (Wildman–Crippen LogP) is 2.42. The van der Waals surface area contributed by atoms with Gasteiger partial charge in [0.25, 0.3) is 5.56 Å². The minimum absolute atomic E-state index is 0.0965. The van der Waals surface area contributed by atoms with Crippen LogP contribution in [0.15, 0.2) is 63.5 Å². The Labute approximate surface area is 202 Å².